The minimum absolute atomic E-state index is 0.224. The molecular weight excluding hydrogens is 402 g/mol. The summed E-state index contributed by atoms with van der Waals surface area (Å²) in [6, 6.07) is 7.90. The third-order valence-corrected chi connectivity index (χ3v) is 4.55. The SMILES string of the molecule is CC(C)(O)COc1ccc(-n2nnc3cnc(NC4CCCC4)nc32)cc1.NC(=O)O. The Bertz CT molecular complexity index is 1000. The van der Waals surface area contributed by atoms with E-state index in [2.05, 4.69) is 31.3 Å². The highest BCUT2D eigenvalue weighted by Gasteiger charge is 2.17. The largest absolute Gasteiger partial charge is 0.491 e. The molecule has 0 radical (unpaired) electrons. The predicted molar refractivity (Wildman–Crippen MR) is 114 cm³/mol. The molecule has 2 aromatic heterocycles. The molecule has 0 unspecified atom stereocenters. The third-order valence-electron chi connectivity index (χ3n) is 4.55. The molecule has 0 atom stereocenters. The Morgan fingerprint density at radius 1 is 1.29 bits per heavy atom. The highest BCUT2D eigenvalue weighted by Crippen LogP contribution is 2.22. The monoisotopic (exact) mass is 429 g/mol. The molecule has 166 valence electrons. The van der Waals surface area contributed by atoms with Gasteiger partial charge in [0.25, 0.3) is 0 Å². The van der Waals surface area contributed by atoms with Gasteiger partial charge >= 0.3 is 6.09 Å². The molecule has 2 heterocycles. The van der Waals surface area contributed by atoms with Crippen LogP contribution in [-0.4, -0.2) is 59.5 Å². The first-order valence-corrected chi connectivity index (χ1v) is 10.0. The second-order valence-corrected chi connectivity index (χ2v) is 7.96. The van der Waals surface area contributed by atoms with Gasteiger partial charge in [0, 0.05) is 6.04 Å². The van der Waals surface area contributed by atoms with Gasteiger partial charge in [-0.15, -0.1) is 5.10 Å². The molecule has 11 nitrogen and oxygen atoms in total. The molecule has 1 aliphatic carbocycles. The van der Waals surface area contributed by atoms with Crippen molar-refractivity contribution in [1.29, 1.82) is 0 Å². The molecule has 4 rings (SSSR count). The number of nitrogens with two attached hydrogens (primary N) is 1. The summed E-state index contributed by atoms with van der Waals surface area (Å²) < 4.78 is 7.28. The lowest BCUT2D eigenvalue weighted by atomic mass is 10.2. The number of hydrogen-bond acceptors (Lipinski definition) is 8. The van der Waals surface area contributed by atoms with Gasteiger partial charge in [0.05, 0.1) is 17.5 Å². The molecule has 5 N–H and O–H groups in total. The van der Waals surface area contributed by atoms with E-state index in [4.69, 9.17) is 14.6 Å². The fraction of sp³-hybridized carbons (Fsp3) is 0.450. The number of carboxylic acid groups (broad SMARTS) is 1. The van der Waals surface area contributed by atoms with E-state index in [0.717, 1.165) is 18.5 Å². The fourth-order valence-electron chi connectivity index (χ4n) is 3.17. The number of rotatable bonds is 6. The molecule has 0 bridgehead atoms. The van der Waals surface area contributed by atoms with E-state index in [9.17, 15) is 5.11 Å². The average molecular weight is 429 g/mol. The van der Waals surface area contributed by atoms with Crippen molar-refractivity contribution in [2.75, 3.05) is 11.9 Å². The van der Waals surface area contributed by atoms with Crippen LogP contribution in [0.4, 0.5) is 10.7 Å². The zero-order chi connectivity index (χ0) is 22.4. The van der Waals surface area contributed by atoms with Crippen LogP contribution in [0, 0.1) is 0 Å². The maximum atomic E-state index is 9.76. The van der Waals surface area contributed by atoms with Gasteiger partial charge in [-0.25, -0.2) is 9.78 Å². The van der Waals surface area contributed by atoms with Crippen molar-refractivity contribution in [1.82, 2.24) is 25.0 Å². The van der Waals surface area contributed by atoms with Gasteiger partial charge in [0.15, 0.2) is 11.2 Å². The van der Waals surface area contributed by atoms with Crippen LogP contribution in [0.5, 0.6) is 5.75 Å². The number of benzene rings is 1. The molecule has 31 heavy (non-hydrogen) atoms. The van der Waals surface area contributed by atoms with Crippen LogP contribution in [0.25, 0.3) is 16.9 Å². The molecular formula is C20H27N7O4. The van der Waals surface area contributed by atoms with Crippen molar-refractivity contribution < 1.29 is 19.7 Å². The van der Waals surface area contributed by atoms with Crippen LogP contribution >= 0.6 is 0 Å². The van der Waals surface area contributed by atoms with Gasteiger partial charge in [-0.1, -0.05) is 18.1 Å². The van der Waals surface area contributed by atoms with E-state index in [-0.39, 0.29) is 6.61 Å². The van der Waals surface area contributed by atoms with Crippen LogP contribution in [-0.2, 0) is 0 Å². The second kappa shape index (κ2) is 9.56. The van der Waals surface area contributed by atoms with Crippen molar-refractivity contribution in [3.8, 4) is 11.4 Å². The first-order valence-electron chi connectivity index (χ1n) is 10.0. The predicted octanol–water partition coefficient (Wildman–Crippen LogP) is 2.34. The topological polar surface area (TPSA) is 161 Å². The van der Waals surface area contributed by atoms with E-state index in [0.29, 0.717) is 28.9 Å². The van der Waals surface area contributed by atoms with Crippen molar-refractivity contribution in [2.24, 2.45) is 5.73 Å². The second-order valence-electron chi connectivity index (χ2n) is 7.96. The molecule has 1 aliphatic rings. The molecule has 1 saturated carbocycles. The van der Waals surface area contributed by atoms with Gasteiger partial charge in [0.1, 0.15) is 12.4 Å². The van der Waals surface area contributed by atoms with Gasteiger partial charge < -0.3 is 26.0 Å². The Hall–Kier alpha value is -3.47. The van der Waals surface area contributed by atoms with E-state index in [1.165, 1.54) is 12.8 Å². The quantitative estimate of drug-likeness (QED) is 0.461. The minimum atomic E-state index is -1.33. The third kappa shape index (κ3) is 6.51. The molecule has 0 saturated heterocycles. The Labute approximate surface area is 179 Å². The Morgan fingerprint density at radius 2 is 1.94 bits per heavy atom. The number of aromatic nitrogens is 5. The number of hydrogen-bond donors (Lipinski definition) is 4. The van der Waals surface area contributed by atoms with Crippen molar-refractivity contribution in [3.63, 3.8) is 0 Å². The smallest absolute Gasteiger partial charge is 0.402 e. The summed E-state index contributed by atoms with van der Waals surface area (Å²) in [4.78, 5) is 17.8. The molecule has 3 aromatic rings. The van der Waals surface area contributed by atoms with Gasteiger partial charge in [-0.05, 0) is 51.0 Å². The lowest BCUT2D eigenvalue weighted by Gasteiger charge is -2.17. The van der Waals surface area contributed by atoms with E-state index < -0.39 is 11.7 Å². The molecule has 1 amide bonds. The lowest BCUT2D eigenvalue weighted by molar-refractivity contribution is 0.0285. The maximum Gasteiger partial charge on any atom is 0.402 e. The summed E-state index contributed by atoms with van der Waals surface area (Å²) in [5.74, 6) is 1.30. The molecule has 1 aromatic carbocycles. The summed E-state index contributed by atoms with van der Waals surface area (Å²) in [5, 5.41) is 28.7. The first-order chi connectivity index (χ1) is 14.7. The van der Waals surface area contributed by atoms with Crippen LogP contribution in [0.3, 0.4) is 0 Å². The number of aliphatic hydroxyl groups is 1. The Morgan fingerprint density at radius 3 is 2.55 bits per heavy atom. The zero-order valence-corrected chi connectivity index (χ0v) is 17.5. The summed E-state index contributed by atoms with van der Waals surface area (Å²) in [5.41, 5.74) is 5.30. The Balaban J connectivity index is 0.000000628. The van der Waals surface area contributed by atoms with E-state index in [1.54, 1.807) is 24.7 Å². The summed E-state index contributed by atoms with van der Waals surface area (Å²) in [6.07, 6.45) is 5.18. The standard InChI is InChI=1S/C19H24N6O2.CH3NO2/c1-19(2,26)12-27-15-9-7-14(8-10-15)25-17-16(23-24-25)11-20-18(22-17)21-13-5-3-4-6-13;2-1(3)4/h7-11,13,26H,3-6,12H2,1-2H3,(H,20,21,22);2H2,(H,3,4). The van der Waals surface area contributed by atoms with Crippen LogP contribution in [0.2, 0.25) is 0 Å². The lowest BCUT2D eigenvalue weighted by Crippen LogP contribution is -2.27. The highest BCUT2D eigenvalue weighted by atomic mass is 16.5. The molecule has 1 fully saturated rings. The van der Waals surface area contributed by atoms with Crippen molar-refractivity contribution in [2.45, 2.75) is 51.2 Å². The Kier molecular flexibility index (Phi) is 6.85. The number of amides is 1. The van der Waals surface area contributed by atoms with Crippen molar-refractivity contribution in [3.05, 3.63) is 30.5 Å². The van der Waals surface area contributed by atoms with Gasteiger partial charge in [-0.3, -0.25) is 0 Å². The fourth-order valence-corrected chi connectivity index (χ4v) is 3.17. The summed E-state index contributed by atoms with van der Waals surface area (Å²) >= 11 is 0. The van der Waals surface area contributed by atoms with Gasteiger partial charge in [-0.2, -0.15) is 9.67 Å². The summed E-state index contributed by atoms with van der Waals surface area (Å²) in [7, 11) is 0. The molecule has 0 aliphatic heterocycles. The van der Waals surface area contributed by atoms with E-state index in [1.807, 2.05) is 24.3 Å². The number of carbonyl (C=O) groups is 1. The van der Waals surface area contributed by atoms with Crippen LogP contribution < -0.4 is 15.8 Å². The number of fused-ring (bicyclic) bond motifs is 1. The van der Waals surface area contributed by atoms with Crippen LogP contribution in [0.15, 0.2) is 30.5 Å². The minimum Gasteiger partial charge on any atom is -0.491 e. The highest BCUT2D eigenvalue weighted by molar-refractivity contribution is 5.72. The van der Waals surface area contributed by atoms with E-state index >= 15 is 0 Å². The average Bonchev–Trinajstić information content (AvgIpc) is 3.35. The maximum absolute atomic E-state index is 9.76. The van der Waals surface area contributed by atoms with Crippen LogP contribution in [0.1, 0.15) is 39.5 Å². The first kappa shape index (κ1) is 22.2. The number of ether oxygens (including phenoxy) is 1. The zero-order valence-electron chi connectivity index (χ0n) is 17.5. The number of anilines is 1. The number of nitrogens with zero attached hydrogens (tertiary/aromatic N) is 5. The van der Waals surface area contributed by atoms with Crippen molar-refractivity contribution >= 4 is 23.2 Å². The molecule has 11 heteroatoms. The summed E-state index contributed by atoms with van der Waals surface area (Å²) in [6.45, 7) is 3.64. The normalized spacial score (nSPS) is 14.2. The molecule has 0 spiro atoms. The number of nitrogens with one attached hydrogen (secondary N) is 1. The number of primary amides is 1. The van der Waals surface area contributed by atoms with Gasteiger partial charge in [0.2, 0.25) is 5.95 Å².